The molecule has 0 bridgehead atoms. The quantitative estimate of drug-likeness (QED) is 0.0798. The predicted molar refractivity (Wildman–Crippen MR) is 237 cm³/mol. The van der Waals surface area contributed by atoms with E-state index in [4.69, 9.17) is 9.47 Å². The van der Waals surface area contributed by atoms with Crippen molar-refractivity contribution in [1.82, 2.24) is 10.2 Å². The van der Waals surface area contributed by atoms with Gasteiger partial charge >= 0.3 is 11.9 Å². The molecule has 7 rings (SSSR count). The van der Waals surface area contributed by atoms with Crippen molar-refractivity contribution >= 4 is 21.8 Å². The van der Waals surface area contributed by atoms with Crippen LogP contribution in [0.3, 0.4) is 0 Å². The number of carbonyl (C=O) groups is 2. The number of halogens is 1. The number of fused-ring (bicyclic) bond motifs is 7. The maximum absolute atomic E-state index is 14.7. The predicted octanol–water partition coefficient (Wildman–Crippen LogP) is 9.94. The van der Waals surface area contributed by atoms with Crippen LogP contribution in [0.25, 0.3) is 0 Å². The summed E-state index contributed by atoms with van der Waals surface area (Å²) < 4.78 is 49.4. The molecule has 0 aromatic heterocycles. The molecule has 6 aliphatic carbocycles. The Labute approximate surface area is 362 Å². The lowest BCUT2D eigenvalue weighted by Crippen LogP contribution is -2.68. The van der Waals surface area contributed by atoms with Gasteiger partial charge < -0.3 is 19.7 Å². The summed E-state index contributed by atoms with van der Waals surface area (Å²) in [5.41, 5.74) is 3.46. The van der Waals surface area contributed by atoms with Gasteiger partial charge in [0.25, 0.3) is 0 Å². The van der Waals surface area contributed by atoms with Crippen LogP contribution in [0.15, 0.2) is 35.5 Å². The first-order chi connectivity index (χ1) is 28.3. The van der Waals surface area contributed by atoms with Crippen molar-refractivity contribution in [2.24, 2.45) is 56.7 Å². The number of hydrogen-bond donors (Lipinski definition) is 1. The molecule has 10 heteroatoms. The third-order valence-electron chi connectivity index (χ3n) is 19.0. The van der Waals surface area contributed by atoms with Crippen molar-refractivity contribution in [2.45, 2.75) is 157 Å². The zero-order valence-electron chi connectivity index (χ0n) is 38.4. The zero-order chi connectivity index (χ0) is 43.4. The zero-order valence-corrected chi connectivity index (χ0v) is 39.2. The van der Waals surface area contributed by atoms with Crippen molar-refractivity contribution in [3.8, 4) is 0 Å². The van der Waals surface area contributed by atoms with Gasteiger partial charge in [0.1, 0.15) is 12.1 Å². The Hall–Kier alpha value is -2.04. The molecule has 1 saturated heterocycles. The van der Waals surface area contributed by atoms with Crippen molar-refractivity contribution in [2.75, 3.05) is 51.2 Å². The summed E-state index contributed by atoms with van der Waals surface area (Å²) in [5.74, 6) is 2.47. The fraction of sp³-hybridized carbons (Fsp3) is 0.840. The molecule has 60 heavy (non-hydrogen) atoms. The minimum absolute atomic E-state index is 0.0548. The number of esters is 2. The Morgan fingerprint density at radius 1 is 0.900 bits per heavy atom. The molecular weight excluding hydrogens is 776 g/mol. The molecule has 0 spiro atoms. The second-order valence-electron chi connectivity index (χ2n) is 22.2. The summed E-state index contributed by atoms with van der Waals surface area (Å²) >= 11 is 0. The van der Waals surface area contributed by atoms with Gasteiger partial charge in [-0.15, -0.1) is 0 Å². The smallest absolute Gasteiger partial charge is 0.317 e. The number of nitrogens with zero attached hydrogens (tertiary/aromatic N) is 1. The number of nitrogens with one attached hydrogen (secondary N) is 1. The van der Waals surface area contributed by atoms with Crippen LogP contribution in [0.4, 0.5) is 4.39 Å². The summed E-state index contributed by atoms with van der Waals surface area (Å²) in [6.07, 6.45) is 19.9. The molecule has 1 N–H and O–H groups in total. The largest absolute Gasteiger partial charge is 0.428 e. The lowest BCUT2D eigenvalue weighted by Gasteiger charge is -2.72. The van der Waals surface area contributed by atoms with Crippen LogP contribution in [-0.4, -0.2) is 81.9 Å². The molecule has 5 fully saturated rings. The molecule has 4 saturated carbocycles. The lowest BCUT2D eigenvalue weighted by molar-refractivity contribution is -0.221. The maximum Gasteiger partial charge on any atom is 0.317 e. The average molecular weight is 855 g/mol. The third kappa shape index (κ3) is 7.93. The monoisotopic (exact) mass is 855 g/mol. The molecule has 1 aliphatic heterocycles. The molecule has 0 amide bonds. The van der Waals surface area contributed by atoms with Crippen molar-refractivity contribution in [1.29, 1.82) is 0 Å². The molecule has 0 aromatic rings. The second kappa shape index (κ2) is 17.2. The van der Waals surface area contributed by atoms with Gasteiger partial charge in [-0.3, -0.25) is 9.59 Å². The summed E-state index contributed by atoms with van der Waals surface area (Å²) in [6, 6.07) is 0. The highest BCUT2D eigenvalue weighted by atomic mass is 32.2. The molecule has 8 nitrogen and oxygen atoms in total. The number of ether oxygens (including phenoxy) is 2. The van der Waals surface area contributed by atoms with Crippen LogP contribution in [0.2, 0.25) is 0 Å². The first-order valence-electron chi connectivity index (χ1n) is 23.9. The normalized spacial score (nSPS) is 40.8. The first kappa shape index (κ1) is 46.0. The first-order valence-corrected chi connectivity index (χ1v) is 25.8. The molecule has 10 atom stereocenters. The highest BCUT2D eigenvalue weighted by Crippen LogP contribution is 2.76. The maximum atomic E-state index is 14.7. The summed E-state index contributed by atoms with van der Waals surface area (Å²) in [7, 11) is -2.88. The average Bonchev–Trinajstić information content (AvgIpc) is 3.59. The number of allylic oxidation sites excluding steroid dienone is 5. The van der Waals surface area contributed by atoms with Crippen LogP contribution < -0.4 is 5.32 Å². The Kier molecular flexibility index (Phi) is 13.1. The molecule has 1 heterocycles. The van der Waals surface area contributed by atoms with Gasteiger partial charge in [-0.2, -0.15) is 0 Å². The number of alkyl halides is 1. The van der Waals surface area contributed by atoms with Gasteiger partial charge in [0.2, 0.25) is 6.79 Å². The van der Waals surface area contributed by atoms with Crippen LogP contribution in [0, 0.1) is 56.7 Å². The lowest BCUT2D eigenvalue weighted by atomic mass is 9.33. The van der Waals surface area contributed by atoms with E-state index in [-0.39, 0.29) is 44.7 Å². The standard InChI is InChI=1S/C50H79FN2O6S/c1-9-10-11-12-42(54)58-34-59-44(55)49(33-51)22-15-36(16-23-49)38-18-20-46(6)40(45(38,4)5)19-21-48(8)41(46)14-13-39-43-37(35(2)3)17-24-50(43,26-25-47(39,48)7)52-27-28-53-29-31-60(56,57)32-30-53/h15,18,37,39-41,43,52H,2,9-14,16-17,19-34H2,1,3-8H3/t37-,39+,40-,41+,43+,46-,47+,48+,49+,50-/m0/s1. The molecule has 7 aliphatic rings. The van der Waals surface area contributed by atoms with Crippen LogP contribution in [0.1, 0.15) is 151 Å². The fourth-order valence-corrected chi connectivity index (χ4v) is 16.7. The Morgan fingerprint density at radius 3 is 2.32 bits per heavy atom. The van der Waals surface area contributed by atoms with Crippen LogP contribution in [0.5, 0.6) is 0 Å². The van der Waals surface area contributed by atoms with Gasteiger partial charge in [-0.05, 0) is 153 Å². The minimum Gasteiger partial charge on any atom is -0.428 e. The van der Waals surface area contributed by atoms with Gasteiger partial charge in [-0.1, -0.05) is 78.7 Å². The number of hydrogen-bond acceptors (Lipinski definition) is 8. The van der Waals surface area contributed by atoms with Crippen LogP contribution >= 0.6 is 0 Å². The molecule has 0 unspecified atom stereocenters. The van der Waals surface area contributed by atoms with E-state index >= 15 is 0 Å². The highest BCUT2D eigenvalue weighted by Gasteiger charge is 2.70. The van der Waals surface area contributed by atoms with Gasteiger partial charge in [0.15, 0.2) is 9.84 Å². The number of carbonyl (C=O) groups excluding carboxylic acids is 2. The van der Waals surface area contributed by atoms with E-state index < -0.39 is 34.7 Å². The van der Waals surface area contributed by atoms with E-state index in [1.54, 1.807) is 0 Å². The van der Waals surface area contributed by atoms with Gasteiger partial charge in [0, 0.05) is 38.1 Å². The summed E-state index contributed by atoms with van der Waals surface area (Å²) in [6.45, 7) is 23.7. The van der Waals surface area contributed by atoms with E-state index in [0.29, 0.717) is 68.4 Å². The van der Waals surface area contributed by atoms with Crippen molar-refractivity contribution < 1.29 is 31.9 Å². The topological polar surface area (TPSA) is 102 Å². The van der Waals surface area contributed by atoms with E-state index in [2.05, 4.69) is 77.4 Å². The minimum atomic E-state index is -2.88. The van der Waals surface area contributed by atoms with Crippen LogP contribution in [-0.2, 0) is 28.9 Å². The number of rotatable bonds is 14. The highest BCUT2D eigenvalue weighted by molar-refractivity contribution is 7.91. The SMILES string of the molecule is C=C(C)[C@@H]1CC[C@]2(NCCN3CCS(=O)(=O)CC3)CC[C@]3(C)[C@H](CC[C@@H]4[C@@]5(C)CC=C(C6=CC[C@@](CF)(C(=O)OCOC(=O)CCCCC)CC6)C(C)(C)[C@@H]5CC[C@]43C)[C@@H]12. The second-order valence-corrected chi connectivity index (χ2v) is 24.5. The summed E-state index contributed by atoms with van der Waals surface area (Å²) in [5, 5.41) is 4.21. The van der Waals surface area contributed by atoms with E-state index in [9.17, 15) is 22.4 Å². The number of sulfone groups is 1. The Morgan fingerprint density at radius 2 is 1.65 bits per heavy atom. The summed E-state index contributed by atoms with van der Waals surface area (Å²) in [4.78, 5) is 27.6. The van der Waals surface area contributed by atoms with Crippen molar-refractivity contribution in [3.63, 3.8) is 0 Å². The fourth-order valence-electron chi connectivity index (χ4n) is 15.4. The Bertz CT molecular complexity index is 1810. The van der Waals surface area contributed by atoms with Gasteiger partial charge in [0.05, 0.1) is 11.5 Å². The van der Waals surface area contributed by atoms with Gasteiger partial charge in [-0.25, -0.2) is 12.8 Å². The van der Waals surface area contributed by atoms with E-state index in [0.717, 1.165) is 38.8 Å². The molecular formula is C50H79FN2O6S. The van der Waals surface area contributed by atoms with E-state index in [1.165, 1.54) is 68.1 Å². The third-order valence-corrected chi connectivity index (χ3v) is 20.6. The number of unbranched alkanes of at least 4 members (excludes halogenated alkanes) is 2. The molecule has 0 aromatic carbocycles. The Balaban J connectivity index is 1.05. The van der Waals surface area contributed by atoms with E-state index in [1.807, 2.05) is 0 Å². The molecule has 338 valence electrons. The van der Waals surface area contributed by atoms with Crippen molar-refractivity contribution in [3.05, 3.63) is 35.5 Å². The molecule has 0 radical (unpaired) electrons.